The summed E-state index contributed by atoms with van der Waals surface area (Å²) in [6.45, 7) is 2.01. The number of aromatic nitrogens is 1. The molecule has 1 aliphatic carbocycles. The lowest BCUT2D eigenvalue weighted by molar-refractivity contribution is 0.226. The molecule has 0 bridgehead atoms. The monoisotopic (exact) mass is 180 g/mol. The Balaban J connectivity index is 2.27. The van der Waals surface area contributed by atoms with Crippen molar-refractivity contribution in [3.05, 3.63) is 17.5 Å². The fourth-order valence-corrected chi connectivity index (χ4v) is 2.18. The third-order valence-electron chi connectivity index (χ3n) is 2.95. The van der Waals surface area contributed by atoms with E-state index in [4.69, 9.17) is 10.3 Å². The van der Waals surface area contributed by atoms with Gasteiger partial charge in [0.1, 0.15) is 0 Å². The van der Waals surface area contributed by atoms with E-state index in [1.54, 1.807) is 6.20 Å². The Morgan fingerprint density at radius 1 is 1.38 bits per heavy atom. The zero-order valence-electron chi connectivity index (χ0n) is 8.05. The molecule has 3 heteroatoms. The van der Waals surface area contributed by atoms with Crippen molar-refractivity contribution >= 4 is 0 Å². The molecule has 0 unspecified atom stereocenters. The van der Waals surface area contributed by atoms with Gasteiger partial charge in [0.25, 0.3) is 0 Å². The van der Waals surface area contributed by atoms with Crippen molar-refractivity contribution in [2.24, 2.45) is 5.73 Å². The topological polar surface area (TPSA) is 52.0 Å². The van der Waals surface area contributed by atoms with Crippen LogP contribution < -0.4 is 5.73 Å². The first kappa shape index (κ1) is 8.75. The van der Waals surface area contributed by atoms with Gasteiger partial charge in [-0.3, -0.25) is 0 Å². The zero-order chi connectivity index (χ0) is 9.31. The highest BCUT2D eigenvalue weighted by Crippen LogP contribution is 2.35. The Kier molecular flexibility index (Phi) is 2.12. The maximum Gasteiger partial charge on any atom is 0.159 e. The summed E-state index contributed by atoms with van der Waals surface area (Å²) in [7, 11) is 0. The van der Waals surface area contributed by atoms with Gasteiger partial charge in [0.05, 0.1) is 11.7 Å². The molecule has 1 saturated carbocycles. The van der Waals surface area contributed by atoms with Gasteiger partial charge in [0.15, 0.2) is 5.76 Å². The quantitative estimate of drug-likeness (QED) is 0.720. The van der Waals surface area contributed by atoms with Crippen molar-refractivity contribution in [3.63, 3.8) is 0 Å². The van der Waals surface area contributed by atoms with Gasteiger partial charge in [-0.2, -0.15) is 0 Å². The molecule has 2 rings (SSSR count). The van der Waals surface area contributed by atoms with E-state index in [9.17, 15) is 0 Å². The highest BCUT2D eigenvalue weighted by molar-refractivity contribution is 5.20. The van der Waals surface area contributed by atoms with Gasteiger partial charge in [-0.05, 0) is 19.8 Å². The van der Waals surface area contributed by atoms with E-state index in [2.05, 4.69) is 5.16 Å². The standard InChI is InChI=1S/C10H16N2O/c1-8-7-12-13-9(8)10(11)5-3-2-4-6-10/h7H,2-6,11H2,1H3. The molecule has 72 valence electrons. The Bertz CT molecular complexity index is 287. The molecule has 0 aromatic carbocycles. The minimum Gasteiger partial charge on any atom is -0.359 e. The lowest BCUT2D eigenvalue weighted by atomic mass is 9.80. The number of rotatable bonds is 1. The highest BCUT2D eigenvalue weighted by atomic mass is 16.5. The second-order valence-electron chi connectivity index (χ2n) is 4.05. The average Bonchev–Trinajstić information content (AvgIpc) is 2.53. The van der Waals surface area contributed by atoms with Gasteiger partial charge in [0, 0.05) is 5.56 Å². The van der Waals surface area contributed by atoms with Gasteiger partial charge in [-0.15, -0.1) is 0 Å². The third kappa shape index (κ3) is 1.48. The van der Waals surface area contributed by atoms with Gasteiger partial charge in [-0.25, -0.2) is 0 Å². The van der Waals surface area contributed by atoms with Crippen LogP contribution in [0.2, 0.25) is 0 Å². The lowest BCUT2D eigenvalue weighted by Crippen LogP contribution is -2.38. The maximum absolute atomic E-state index is 6.29. The zero-order valence-corrected chi connectivity index (χ0v) is 8.05. The number of nitrogens with two attached hydrogens (primary N) is 1. The van der Waals surface area contributed by atoms with E-state index in [0.717, 1.165) is 24.2 Å². The van der Waals surface area contributed by atoms with E-state index in [-0.39, 0.29) is 5.54 Å². The Morgan fingerprint density at radius 3 is 2.62 bits per heavy atom. The summed E-state index contributed by atoms with van der Waals surface area (Å²) in [5.74, 6) is 0.896. The van der Waals surface area contributed by atoms with Gasteiger partial charge in [0.2, 0.25) is 0 Å². The Hall–Kier alpha value is -0.830. The fourth-order valence-electron chi connectivity index (χ4n) is 2.18. The SMILES string of the molecule is Cc1cnoc1C1(N)CCCCC1. The van der Waals surface area contributed by atoms with Gasteiger partial charge >= 0.3 is 0 Å². The molecule has 13 heavy (non-hydrogen) atoms. The predicted molar refractivity (Wildman–Crippen MR) is 50.2 cm³/mol. The summed E-state index contributed by atoms with van der Waals surface area (Å²) >= 11 is 0. The molecule has 3 nitrogen and oxygen atoms in total. The average molecular weight is 180 g/mol. The van der Waals surface area contributed by atoms with Crippen LogP contribution in [0.4, 0.5) is 0 Å². The molecule has 0 radical (unpaired) electrons. The van der Waals surface area contributed by atoms with Crippen molar-refractivity contribution in [1.29, 1.82) is 0 Å². The first-order valence-electron chi connectivity index (χ1n) is 4.93. The molecule has 1 aliphatic rings. The number of hydrogen-bond acceptors (Lipinski definition) is 3. The van der Waals surface area contributed by atoms with E-state index in [0.29, 0.717) is 0 Å². The molecular weight excluding hydrogens is 164 g/mol. The lowest BCUT2D eigenvalue weighted by Gasteiger charge is -2.31. The normalized spacial score (nSPS) is 21.7. The molecule has 1 fully saturated rings. The van der Waals surface area contributed by atoms with E-state index in [1.165, 1.54) is 19.3 Å². The van der Waals surface area contributed by atoms with Crippen molar-refractivity contribution in [3.8, 4) is 0 Å². The smallest absolute Gasteiger partial charge is 0.159 e. The van der Waals surface area contributed by atoms with Crippen LogP contribution in [0.1, 0.15) is 43.4 Å². The molecule has 1 heterocycles. The summed E-state index contributed by atoms with van der Waals surface area (Å²) in [5.41, 5.74) is 7.14. The van der Waals surface area contributed by atoms with Crippen LogP contribution in [0.25, 0.3) is 0 Å². The van der Waals surface area contributed by atoms with E-state index in [1.807, 2.05) is 6.92 Å². The van der Waals surface area contributed by atoms with Crippen molar-refractivity contribution in [2.45, 2.75) is 44.6 Å². The number of hydrogen-bond donors (Lipinski definition) is 1. The minimum atomic E-state index is -0.237. The van der Waals surface area contributed by atoms with E-state index < -0.39 is 0 Å². The van der Waals surface area contributed by atoms with E-state index >= 15 is 0 Å². The van der Waals surface area contributed by atoms with Crippen LogP contribution in [0.3, 0.4) is 0 Å². The minimum absolute atomic E-state index is 0.237. The van der Waals surface area contributed by atoms with Gasteiger partial charge in [-0.1, -0.05) is 24.4 Å². The molecule has 1 aromatic rings. The highest BCUT2D eigenvalue weighted by Gasteiger charge is 2.34. The molecule has 0 atom stereocenters. The van der Waals surface area contributed by atoms with Crippen LogP contribution in [0.5, 0.6) is 0 Å². The molecular formula is C10H16N2O. The summed E-state index contributed by atoms with van der Waals surface area (Å²) in [4.78, 5) is 0. The maximum atomic E-state index is 6.29. The second-order valence-corrected chi connectivity index (χ2v) is 4.05. The van der Waals surface area contributed by atoms with Crippen molar-refractivity contribution < 1.29 is 4.52 Å². The molecule has 0 saturated heterocycles. The van der Waals surface area contributed by atoms with Crippen LogP contribution in [-0.4, -0.2) is 5.16 Å². The van der Waals surface area contributed by atoms with Crippen LogP contribution in [0, 0.1) is 6.92 Å². The largest absolute Gasteiger partial charge is 0.359 e. The molecule has 1 aromatic heterocycles. The molecule has 0 amide bonds. The first-order valence-corrected chi connectivity index (χ1v) is 4.93. The van der Waals surface area contributed by atoms with Crippen molar-refractivity contribution in [2.75, 3.05) is 0 Å². The van der Waals surface area contributed by atoms with Gasteiger partial charge < -0.3 is 10.3 Å². The summed E-state index contributed by atoms with van der Waals surface area (Å²) in [5, 5.41) is 3.79. The Morgan fingerprint density at radius 2 is 2.08 bits per heavy atom. The summed E-state index contributed by atoms with van der Waals surface area (Å²) in [6, 6.07) is 0. The van der Waals surface area contributed by atoms with Crippen LogP contribution in [0.15, 0.2) is 10.7 Å². The molecule has 0 aliphatic heterocycles. The summed E-state index contributed by atoms with van der Waals surface area (Å²) < 4.78 is 5.23. The first-order chi connectivity index (χ1) is 6.22. The number of aryl methyl sites for hydroxylation is 1. The molecule has 2 N–H and O–H groups in total. The van der Waals surface area contributed by atoms with Crippen molar-refractivity contribution in [1.82, 2.24) is 5.16 Å². The predicted octanol–water partition coefficient (Wildman–Crippen LogP) is 2.10. The van der Waals surface area contributed by atoms with Crippen LogP contribution >= 0.6 is 0 Å². The number of nitrogens with zero attached hydrogens (tertiary/aromatic N) is 1. The second kappa shape index (κ2) is 3.14. The Labute approximate surface area is 78.3 Å². The summed E-state index contributed by atoms with van der Waals surface area (Å²) in [6.07, 6.45) is 7.52. The third-order valence-corrected chi connectivity index (χ3v) is 2.95. The van der Waals surface area contributed by atoms with Crippen LogP contribution in [-0.2, 0) is 5.54 Å². The molecule has 0 spiro atoms. The fraction of sp³-hybridized carbons (Fsp3) is 0.700.